The van der Waals surface area contributed by atoms with Crippen molar-refractivity contribution >= 4 is 5.82 Å². The van der Waals surface area contributed by atoms with Crippen molar-refractivity contribution in [3.63, 3.8) is 0 Å². The Balaban J connectivity index is 3.03. The maximum atomic E-state index is 4.01. The van der Waals surface area contributed by atoms with Crippen molar-refractivity contribution in [2.75, 3.05) is 7.05 Å². The Kier molecular flexibility index (Phi) is 2.10. The minimum absolute atomic E-state index is 0.699. The van der Waals surface area contributed by atoms with E-state index >= 15 is 0 Å². The molecule has 52 valence electrons. The molecule has 0 aliphatic heterocycles. The minimum atomic E-state index is 0.699. The lowest BCUT2D eigenvalue weighted by Gasteiger charge is -1.92. The van der Waals surface area contributed by atoms with E-state index in [9.17, 15) is 0 Å². The van der Waals surface area contributed by atoms with Crippen LogP contribution >= 0.6 is 0 Å². The SMILES string of the molecule is CN=Nc1ncccc1C. The van der Waals surface area contributed by atoms with Gasteiger partial charge in [0.15, 0.2) is 5.82 Å². The zero-order valence-electron chi connectivity index (χ0n) is 6.07. The van der Waals surface area contributed by atoms with Crippen LogP contribution < -0.4 is 0 Å². The van der Waals surface area contributed by atoms with E-state index in [1.54, 1.807) is 13.2 Å². The zero-order valence-corrected chi connectivity index (χ0v) is 6.07. The molecule has 0 saturated carbocycles. The summed E-state index contributed by atoms with van der Waals surface area (Å²) in [5.41, 5.74) is 1.05. The van der Waals surface area contributed by atoms with E-state index in [-0.39, 0.29) is 0 Å². The maximum Gasteiger partial charge on any atom is 0.176 e. The summed E-state index contributed by atoms with van der Waals surface area (Å²) in [6.07, 6.45) is 1.71. The number of hydrogen-bond acceptors (Lipinski definition) is 3. The highest BCUT2D eigenvalue weighted by Gasteiger charge is 1.92. The smallest absolute Gasteiger partial charge is 0.176 e. The number of pyridine rings is 1. The fourth-order valence-electron chi connectivity index (χ4n) is 0.677. The lowest BCUT2D eigenvalue weighted by molar-refractivity contribution is 1.09. The van der Waals surface area contributed by atoms with E-state index in [4.69, 9.17) is 0 Å². The van der Waals surface area contributed by atoms with E-state index in [1.807, 2.05) is 19.1 Å². The van der Waals surface area contributed by atoms with Gasteiger partial charge in [0.1, 0.15) is 0 Å². The molecule has 1 aromatic rings. The second-order valence-corrected chi connectivity index (χ2v) is 1.94. The van der Waals surface area contributed by atoms with Crippen LogP contribution in [0.4, 0.5) is 5.82 Å². The van der Waals surface area contributed by atoms with Crippen molar-refractivity contribution in [2.24, 2.45) is 10.2 Å². The van der Waals surface area contributed by atoms with Crippen LogP contribution in [0.1, 0.15) is 5.56 Å². The number of aryl methyl sites for hydroxylation is 1. The maximum absolute atomic E-state index is 4.01. The molecule has 0 saturated heterocycles. The van der Waals surface area contributed by atoms with Crippen molar-refractivity contribution in [3.05, 3.63) is 23.9 Å². The Bertz CT molecular complexity index is 242. The molecule has 1 aromatic heterocycles. The third-order valence-corrected chi connectivity index (χ3v) is 1.18. The molecule has 1 rings (SSSR count). The number of hydrogen-bond donors (Lipinski definition) is 0. The molecule has 0 N–H and O–H groups in total. The normalized spacial score (nSPS) is 10.6. The third-order valence-electron chi connectivity index (χ3n) is 1.18. The summed E-state index contributed by atoms with van der Waals surface area (Å²) in [6, 6.07) is 3.83. The first-order chi connectivity index (χ1) is 4.84. The van der Waals surface area contributed by atoms with Gasteiger partial charge in [0.25, 0.3) is 0 Å². The molecule has 3 heteroatoms. The van der Waals surface area contributed by atoms with Crippen LogP contribution in [-0.4, -0.2) is 12.0 Å². The monoisotopic (exact) mass is 135 g/mol. The summed E-state index contributed by atoms with van der Waals surface area (Å²) < 4.78 is 0. The molecule has 0 bridgehead atoms. The molecule has 3 nitrogen and oxygen atoms in total. The van der Waals surface area contributed by atoms with Crippen molar-refractivity contribution in [3.8, 4) is 0 Å². The molecule has 0 atom stereocenters. The predicted molar refractivity (Wildman–Crippen MR) is 39.4 cm³/mol. The van der Waals surface area contributed by atoms with Gasteiger partial charge in [0.2, 0.25) is 0 Å². The molecule has 0 amide bonds. The van der Waals surface area contributed by atoms with Gasteiger partial charge in [0, 0.05) is 13.2 Å². The third kappa shape index (κ3) is 1.37. The van der Waals surface area contributed by atoms with E-state index in [0.29, 0.717) is 5.82 Å². The summed E-state index contributed by atoms with van der Waals surface area (Å²) in [7, 11) is 1.63. The van der Waals surface area contributed by atoms with Crippen LogP contribution in [0.5, 0.6) is 0 Å². The predicted octanol–water partition coefficient (Wildman–Crippen LogP) is 2.10. The highest BCUT2D eigenvalue weighted by atomic mass is 15.1. The molecule has 0 unspecified atom stereocenters. The van der Waals surface area contributed by atoms with Gasteiger partial charge in [-0.25, -0.2) is 4.98 Å². The lowest BCUT2D eigenvalue weighted by Crippen LogP contribution is -1.76. The zero-order chi connectivity index (χ0) is 7.40. The first-order valence-electron chi connectivity index (χ1n) is 3.06. The molecule has 0 aromatic carbocycles. The van der Waals surface area contributed by atoms with Gasteiger partial charge < -0.3 is 0 Å². The van der Waals surface area contributed by atoms with Gasteiger partial charge in [-0.1, -0.05) is 6.07 Å². The van der Waals surface area contributed by atoms with E-state index in [1.165, 1.54) is 0 Å². The van der Waals surface area contributed by atoms with Crippen LogP contribution in [0, 0.1) is 6.92 Å². The van der Waals surface area contributed by atoms with Crippen molar-refractivity contribution in [1.29, 1.82) is 0 Å². The van der Waals surface area contributed by atoms with Crippen molar-refractivity contribution < 1.29 is 0 Å². The summed E-state index contributed by atoms with van der Waals surface area (Å²) in [5, 5.41) is 7.45. The fraction of sp³-hybridized carbons (Fsp3) is 0.286. The number of azo groups is 1. The first-order valence-corrected chi connectivity index (χ1v) is 3.06. The van der Waals surface area contributed by atoms with Gasteiger partial charge in [-0.2, -0.15) is 5.11 Å². The number of nitrogens with zero attached hydrogens (tertiary/aromatic N) is 3. The Labute approximate surface area is 59.8 Å². The Morgan fingerprint density at radius 2 is 2.30 bits per heavy atom. The lowest BCUT2D eigenvalue weighted by atomic mass is 10.3. The molecule has 1 heterocycles. The molecule has 0 aliphatic rings. The second-order valence-electron chi connectivity index (χ2n) is 1.94. The first kappa shape index (κ1) is 6.86. The summed E-state index contributed by atoms with van der Waals surface area (Å²) >= 11 is 0. The van der Waals surface area contributed by atoms with Crippen LogP contribution in [-0.2, 0) is 0 Å². The summed E-state index contributed by atoms with van der Waals surface area (Å²) in [6.45, 7) is 1.96. The van der Waals surface area contributed by atoms with Gasteiger partial charge in [-0.15, -0.1) is 5.11 Å². The van der Waals surface area contributed by atoms with E-state index < -0.39 is 0 Å². The second kappa shape index (κ2) is 3.06. The van der Waals surface area contributed by atoms with Gasteiger partial charge in [-0.05, 0) is 18.6 Å². The van der Waals surface area contributed by atoms with Crippen LogP contribution in [0.3, 0.4) is 0 Å². The van der Waals surface area contributed by atoms with Crippen LogP contribution in [0.25, 0.3) is 0 Å². The summed E-state index contributed by atoms with van der Waals surface area (Å²) in [4.78, 5) is 4.01. The fourth-order valence-corrected chi connectivity index (χ4v) is 0.677. The molecule has 0 aliphatic carbocycles. The molecule has 0 radical (unpaired) electrons. The average molecular weight is 135 g/mol. The Hall–Kier alpha value is -1.25. The van der Waals surface area contributed by atoms with Crippen molar-refractivity contribution in [1.82, 2.24) is 4.98 Å². The molecule has 0 spiro atoms. The van der Waals surface area contributed by atoms with E-state index in [0.717, 1.165) is 5.56 Å². The quantitative estimate of drug-likeness (QED) is 0.543. The topological polar surface area (TPSA) is 37.6 Å². The van der Waals surface area contributed by atoms with Crippen molar-refractivity contribution in [2.45, 2.75) is 6.92 Å². The molecular formula is C7H9N3. The number of rotatable bonds is 1. The summed E-state index contributed by atoms with van der Waals surface area (Å²) in [5.74, 6) is 0.699. The minimum Gasteiger partial charge on any atom is -0.235 e. The Morgan fingerprint density at radius 1 is 1.50 bits per heavy atom. The number of aromatic nitrogens is 1. The standard InChI is InChI=1S/C7H9N3/c1-6-4-3-5-9-7(6)10-8-2/h3-5H,1-2H3. The highest BCUT2D eigenvalue weighted by Crippen LogP contribution is 2.12. The molecular weight excluding hydrogens is 126 g/mol. The molecule has 0 fully saturated rings. The van der Waals surface area contributed by atoms with Crippen LogP contribution in [0.2, 0.25) is 0 Å². The average Bonchev–Trinajstić information content (AvgIpc) is 1.94. The Morgan fingerprint density at radius 3 is 2.90 bits per heavy atom. The van der Waals surface area contributed by atoms with Gasteiger partial charge in [0.05, 0.1) is 0 Å². The van der Waals surface area contributed by atoms with Gasteiger partial charge in [-0.3, -0.25) is 0 Å². The molecule has 10 heavy (non-hydrogen) atoms. The van der Waals surface area contributed by atoms with Crippen LogP contribution in [0.15, 0.2) is 28.6 Å². The highest BCUT2D eigenvalue weighted by molar-refractivity contribution is 5.35. The van der Waals surface area contributed by atoms with Gasteiger partial charge >= 0.3 is 0 Å². The largest absolute Gasteiger partial charge is 0.235 e. The van der Waals surface area contributed by atoms with E-state index in [2.05, 4.69) is 15.2 Å².